The van der Waals surface area contributed by atoms with E-state index in [4.69, 9.17) is 4.74 Å². The summed E-state index contributed by atoms with van der Waals surface area (Å²) in [5, 5.41) is 3.50. The monoisotopic (exact) mass is 183 g/mol. The highest BCUT2D eigenvalue weighted by molar-refractivity contribution is 5.07. The van der Waals surface area contributed by atoms with Gasteiger partial charge in [0.15, 0.2) is 0 Å². The van der Waals surface area contributed by atoms with E-state index < -0.39 is 0 Å². The van der Waals surface area contributed by atoms with Crippen LogP contribution in [0.3, 0.4) is 0 Å². The van der Waals surface area contributed by atoms with Gasteiger partial charge < -0.3 is 10.1 Å². The first-order valence-corrected chi connectivity index (χ1v) is 5.48. The van der Waals surface area contributed by atoms with Crippen molar-refractivity contribution in [3.8, 4) is 0 Å². The number of hydrogen-bond donors (Lipinski definition) is 1. The molecule has 0 aromatic heterocycles. The minimum atomic E-state index is 0.0892. The Morgan fingerprint density at radius 1 is 1.38 bits per heavy atom. The quantitative estimate of drug-likeness (QED) is 0.706. The largest absolute Gasteiger partial charge is 0.369 e. The van der Waals surface area contributed by atoms with Crippen LogP contribution in [-0.2, 0) is 4.74 Å². The molecular weight excluding hydrogens is 162 g/mol. The summed E-state index contributed by atoms with van der Waals surface area (Å²) in [6.07, 6.45) is 4.22. The van der Waals surface area contributed by atoms with Crippen LogP contribution in [-0.4, -0.2) is 24.8 Å². The molecule has 1 saturated heterocycles. The van der Waals surface area contributed by atoms with Crippen molar-refractivity contribution in [3.05, 3.63) is 0 Å². The van der Waals surface area contributed by atoms with Crippen molar-refractivity contribution in [1.29, 1.82) is 0 Å². The lowest BCUT2D eigenvalue weighted by molar-refractivity contribution is -0.142. The van der Waals surface area contributed by atoms with Crippen molar-refractivity contribution in [2.45, 2.75) is 51.7 Å². The van der Waals surface area contributed by atoms with E-state index in [1.165, 1.54) is 12.8 Å². The fourth-order valence-electron chi connectivity index (χ4n) is 2.22. The predicted octanol–water partition coefficient (Wildman–Crippen LogP) is 1.94. The molecular formula is C11H21NO. The van der Waals surface area contributed by atoms with Crippen LogP contribution in [0.25, 0.3) is 0 Å². The Morgan fingerprint density at radius 3 is 2.62 bits per heavy atom. The fraction of sp³-hybridized carbons (Fsp3) is 1.00. The highest BCUT2D eigenvalue weighted by atomic mass is 16.5. The molecule has 1 aliphatic heterocycles. The minimum absolute atomic E-state index is 0.0892. The maximum Gasteiger partial charge on any atom is 0.0835 e. The Kier molecular flexibility index (Phi) is 2.16. The van der Waals surface area contributed by atoms with Crippen LogP contribution in [0.15, 0.2) is 0 Å². The van der Waals surface area contributed by atoms with Crippen LogP contribution >= 0.6 is 0 Å². The smallest absolute Gasteiger partial charge is 0.0835 e. The predicted molar refractivity (Wildman–Crippen MR) is 53.8 cm³/mol. The van der Waals surface area contributed by atoms with Crippen molar-refractivity contribution < 1.29 is 4.74 Å². The zero-order chi connectivity index (χ0) is 9.53. The molecule has 1 aliphatic carbocycles. The van der Waals surface area contributed by atoms with E-state index in [0.717, 1.165) is 19.5 Å². The lowest BCUT2D eigenvalue weighted by Crippen LogP contribution is -2.56. The third-order valence-electron chi connectivity index (χ3n) is 3.99. The number of morpholine rings is 1. The van der Waals surface area contributed by atoms with Crippen LogP contribution in [0.4, 0.5) is 0 Å². The second kappa shape index (κ2) is 2.96. The van der Waals surface area contributed by atoms with Gasteiger partial charge in [0.25, 0.3) is 0 Å². The van der Waals surface area contributed by atoms with Crippen LogP contribution in [0.1, 0.15) is 40.0 Å². The van der Waals surface area contributed by atoms with Crippen molar-refractivity contribution >= 4 is 0 Å². The average molecular weight is 183 g/mol. The summed E-state index contributed by atoms with van der Waals surface area (Å²) in [4.78, 5) is 0. The standard InChI is InChI=1S/C11H21NO/c1-4-9-7-12-8-11(3,13-9)10(2)5-6-10/h9,12H,4-8H2,1-3H3. The Morgan fingerprint density at radius 2 is 2.08 bits per heavy atom. The van der Waals surface area contributed by atoms with E-state index >= 15 is 0 Å². The minimum Gasteiger partial charge on any atom is -0.369 e. The van der Waals surface area contributed by atoms with E-state index in [0.29, 0.717) is 11.5 Å². The molecule has 76 valence electrons. The van der Waals surface area contributed by atoms with Crippen molar-refractivity contribution in [3.63, 3.8) is 0 Å². The first-order chi connectivity index (χ1) is 6.10. The van der Waals surface area contributed by atoms with Crippen molar-refractivity contribution in [2.24, 2.45) is 5.41 Å². The molecule has 0 radical (unpaired) electrons. The lowest BCUT2D eigenvalue weighted by Gasteiger charge is -2.43. The third kappa shape index (κ3) is 1.50. The molecule has 13 heavy (non-hydrogen) atoms. The summed E-state index contributed by atoms with van der Waals surface area (Å²) < 4.78 is 6.19. The number of ether oxygens (including phenoxy) is 1. The van der Waals surface area contributed by atoms with Crippen LogP contribution < -0.4 is 5.32 Å². The van der Waals surface area contributed by atoms with Gasteiger partial charge in [0.1, 0.15) is 0 Å². The zero-order valence-electron chi connectivity index (χ0n) is 9.02. The third-order valence-corrected chi connectivity index (χ3v) is 3.99. The van der Waals surface area contributed by atoms with Gasteiger partial charge in [0.05, 0.1) is 11.7 Å². The van der Waals surface area contributed by atoms with E-state index in [1.54, 1.807) is 0 Å². The summed E-state index contributed by atoms with van der Waals surface area (Å²) in [6, 6.07) is 0. The molecule has 0 amide bonds. The van der Waals surface area contributed by atoms with E-state index in [2.05, 4.69) is 26.1 Å². The molecule has 0 aromatic carbocycles. The Hall–Kier alpha value is -0.0800. The Labute approximate surface area is 81.0 Å². The van der Waals surface area contributed by atoms with Crippen LogP contribution in [0.5, 0.6) is 0 Å². The Balaban J connectivity index is 2.05. The molecule has 0 bridgehead atoms. The van der Waals surface area contributed by atoms with Gasteiger partial charge in [-0.1, -0.05) is 13.8 Å². The molecule has 2 nitrogen and oxygen atoms in total. The first-order valence-electron chi connectivity index (χ1n) is 5.48. The van der Waals surface area contributed by atoms with Gasteiger partial charge in [0.2, 0.25) is 0 Å². The molecule has 2 unspecified atom stereocenters. The normalized spacial score (nSPS) is 43.2. The van der Waals surface area contributed by atoms with E-state index in [1.807, 2.05) is 0 Å². The molecule has 1 heterocycles. The van der Waals surface area contributed by atoms with Crippen molar-refractivity contribution in [1.82, 2.24) is 5.32 Å². The summed E-state index contributed by atoms with van der Waals surface area (Å²) >= 11 is 0. The first kappa shape index (κ1) is 9.47. The molecule has 2 atom stereocenters. The number of rotatable bonds is 2. The maximum absolute atomic E-state index is 6.19. The van der Waals surface area contributed by atoms with Gasteiger partial charge in [-0.05, 0) is 31.6 Å². The fourth-order valence-corrected chi connectivity index (χ4v) is 2.22. The highest BCUT2D eigenvalue weighted by Gasteiger charge is 2.55. The Bertz CT molecular complexity index is 200. The van der Waals surface area contributed by atoms with Crippen molar-refractivity contribution in [2.75, 3.05) is 13.1 Å². The van der Waals surface area contributed by atoms with E-state index in [-0.39, 0.29) is 5.60 Å². The molecule has 0 aromatic rings. The van der Waals surface area contributed by atoms with Crippen LogP contribution in [0, 0.1) is 5.41 Å². The second-order valence-electron chi connectivity index (χ2n) is 5.07. The summed E-state index contributed by atoms with van der Waals surface area (Å²) in [7, 11) is 0. The maximum atomic E-state index is 6.19. The molecule has 2 rings (SSSR count). The zero-order valence-corrected chi connectivity index (χ0v) is 9.02. The molecule has 1 N–H and O–H groups in total. The summed E-state index contributed by atoms with van der Waals surface area (Å²) in [6.45, 7) is 8.89. The van der Waals surface area contributed by atoms with Gasteiger partial charge in [-0.25, -0.2) is 0 Å². The molecule has 2 heteroatoms. The number of hydrogen-bond acceptors (Lipinski definition) is 2. The molecule has 2 fully saturated rings. The average Bonchev–Trinajstić information content (AvgIpc) is 2.85. The SMILES string of the molecule is CCC1CNCC(C)(C2(C)CC2)O1. The van der Waals surface area contributed by atoms with Gasteiger partial charge in [-0.15, -0.1) is 0 Å². The molecule has 2 aliphatic rings. The molecule has 1 saturated carbocycles. The van der Waals surface area contributed by atoms with Gasteiger partial charge in [-0.2, -0.15) is 0 Å². The highest BCUT2D eigenvalue weighted by Crippen LogP contribution is 2.55. The second-order valence-corrected chi connectivity index (χ2v) is 5.07. The van der Waals surface area contributed by atoms with Gasteiger partial charge in [0, 0.05) is 13.1 Å². The van der Waals surface area contributed by atoms with Crippen LogP contribution in [0.2, 0.25) is 0 Å². The summed E-state index contributed by atoms with van der Waals surface area (Å²) in [5.41, 5.74) is 0.541. The topological polar surface area (TPSA) is 21.3 Å². The van der Waals surface area contributed by atoms with Gasteiger partial charge >= 0.3 is 0 Å². The summed E-state index contributed by atoms with van der Waals surface area (Å²) in [5.74, 6) is 0. The lowest BCUT2D eigenvalue weighted by atomic mass is 9.85. The van der Waals surface area contributed by atoms with Gasteiger partial charge in [-0.3, -0.25) is 0 Å². The number of nitrogens with one attached hydrogen (secondary N) is 1. The molecule has 0 spiro atoms. The van der Waals surface area contributed by atoms with E-state index in [9.17, 15) is 0 Å².